The molecule has 0 unspecified atom stereocenters. The first-order valence-electron chi connectivity index (χ1n) is 11.0. The smallest absolute Gasteiger partial charge is 0.223 e. The minimum absolute atomic E-state index is 0.0455. The average molecular weight is 460 g/mol. The first-order valence-corrected chi connectivity index (χ1v) is 12.9. The molecule has 0 spiro atoms. The van der Waals surface area contributed by atoms with Crippen LogP contribution in [0, 0.1) is 0 Å². The first kappa shape index (κ1) is 24.2. The lowest BCUT2D eigenvalue weighted by molar-refractivity contribution is -0.116. The van der Waals surface area contributed by atoms with Crippen molar-refractivity contribution in [2.24, 2.45) is 0 Å². The summed E-state index contributed by atoms with van der Waals surface area (Å²) in [6.07, 6.45) is 1.83. The van der Waals surface area contributed by atoms with Gasteiger partial charge in [-0.1, -0.05) is 36.4 Å². The topological polar surface area (TPSA) is 70.2 Å². The third kappa shape index (κ3) is 6.31. The summed E-state index contributed by atoms with van der Waals surface area (Å²) in [5.41, 5.74) is 2.98. The molecule has 0 saturated heterocycles. The molecule has 0 aliphatic carbocycles. The van der Waals surface area contributed by atoms with E-state index in [1.165, 1.54) is 10.6 Å². The quantitative estimate of drug-likeness (QED) is 0.687. The third-order valence-corrected chi connectivity index (χ3v) is 6.95. The molecule has 1 aliphatic heterocycles. The summed E-state index contributed by atoms with van der Waals surface area (Å²) < 4.78 is 32.1. The molecule has 32 heavy (non-hydrogen) atoms. The van der Waals surface area contributed by atoms with Gasteiger partial charge in [0.2, 0.25) is 15.9 Å². The van der Waals surface area contributed by atoms with Crippen LogP contribution in [-0.4, -0.2) is 62.6 Å². The zero-order chi connectivity index (χ0) is 23.1. The fraction of sp³-hybridized carbons (Fsp3) is 0.458. The number of hydrogen-bond donors (Lipinski definition) is 0. The Kier molecular flexibility index (Phi) is 8.28. The molecule has 2 aromatic rings. The lowest BCUT2D eigenvalue weighted by atomic mass is 10.1. The van der Waals surface area contributed by atoms with Gasteiger partial charge < -0.3 is 9.64 Å². The van der Waals surface area contributed by atoms with Gasteiger partial charge in [0.15, 0.2) is 0 Å². The van der Waals surface area contributed by atoms with Crippen LogP contribution in [0.2, 0.25) is 0 Å². The fourth-order valence-electron chi connectivity index (χ4n) is 4.08. The Morgan fingerprint density at radius 3 is 2.44 bits per heavy atom. The number of para-hydroxylation sites is 2. The van der Waals surface area contributed by atoms with Crippen molar-refractivity contribution in [1.29, 1.82) is 0 Å². The van der Waals surface area contributed by atoms with E-state index in [1.54, 1.807) is 11.8 Å². The number of benzene rings is 2. The molecular formula is C24H33N3O4S. The minimum atomic E-state index is -3.35. The Bertz CT molecular complexity index is 1030. The molecule has 1 heterocycles. The number of anilines is 1. The number of ether oxygens (including phenoxy) is 1. The average Bonchev–Trinajstić information content (AvgIpc) is 2.77. The van der Waals surface area contributed by atoms with Crippen molar-refractivity contribution in [3.05, 3.63) is 59.7 Å². The molecular weight excluding hydrogens is 426 g/mol. The van der Waals surface area contributed by atoms with Crippen molar-refractivity contribution >= 4 is 21.6 Å². The maximum Gasteiger partial charge on any atom is 0.223 e. The van der Waals surface area contributed by atoms with Gasteiger partial charge in [0.25, 0.3) is 0 Å². The molecule has 0 fully saturated rings. The summed E-state index contributed by atoms with van der Waals surface area (Å²) in [5.74, 6) is 0.791. The summed E-state index contributed by atoms with van der Waals surface area (Å²) in [5, 5.41) is 0. The second kappa shape index (κ2) is 10.9. The summed E-state index contributed by atoms with van der Waals surface area (Å²) in [7, 11) is -3.35. The van der Waals surface area contributed by atoms with Crippen LogP contribution in [0.25, 0.3) is 0 Å². The van der Waals surface area contributed by atoms with Crippen molar-refractivity contribution in [1.82, 2.24) is 9.21 Å². The highest BCUT2D eigenvalue weighted by Crippen LogP contribution is 2.26. The first-order chi connectivity index (χ1) is 15.3. The number of amides is 1. The van der Waals surface area contributed by atoms with Gasteiger partial charge in [-0.3, -0.25) is 9.69 Å². The van der Waals surface area contributed by atoms with Crippen LogP contribution in [0.1, 0.15) is 31.4 Å². The molecule has 0 radical (unpaired) electrons. The van der Waals surface area contributed by atoms with Gasteiger partial charge in [0.1, 0.15) is 5.75 Å². The molecule has 0 saturated carbocycles. The number of rotatable bonds is 5. The second-order valence-electron chi connectivity index (χ2n) is 8.07. The van der Waals surface area contributed by atoms with Gasteiger partial charge in [-0.2, -0.15) is 0 Å². The van der Waals surface area contributed by atoms with Crippen molar-refractivity contribution < 1.29 is 17.9 Å². The molecule has 174 valence electrons. The van der Waals surface area contributed by atoms with Crippen LogP contribution in [0.15, 0.2) is 48.5 Å². The van der Waals surface area contributed by atoms with E-state index in [9.17, 15) is 13.2 Å². The van der Waals surface area contributed by atoms with Crippen LogP contribution in [0.5, 0.6) is 5.75 Å². The van der Waals surface area contributed by atoms with Crippen LogP contribution < -0.4 is 9.64 Å². The molecule has 1 aliphatic rings. The van der Waals surface area contributed by atoms with Crippen LogP contribution in [0.3, 0.4) is 0 Å². The van der Waals surface area contributed by atoms with E-state index in [0.29, 0.717) is 52.3 Å². The zero-order valence-electron chi connectivity index (χ0n) is 19.2. The highest BCUT2D eigenvalue weighted by molar-refractivity contribution is 7.88. The van der Waals surface area contributed by atoms with Gasteiger partial charge in [-0.25, -0.2) is 12.7 Å². The highest BCUT2D eigenvalue weighted by atomic mass is 32.2. The largest absolute Gasteiger partial charge is 0.494 e. The Labute approximate surface area is 191 Å². The Hall–Kier alpha value is -2.42. The fourth-order valence-corrected chi connectivity index (χ4v) is 4.96. The molecule has 1 amide bonds. The van der Waals surface area contributed by atoms with E-state index in [1.807, 2.05) is 55.5 Å². The number of sulfonamides is 1. The summed E-state index contributed by atoms with van der Waals surface area (Å²) >= 11 is 0. The Morgan fingerprint density at radius 1 is 1.00 bits per heavy atom. The van der Waals surface area contributed by atoms with E-state index in [0.717, 1.165) is 22.6 Å². The number of carbonyl (C=O) groups excluding carboxylic acids is 1. The van der Waals surface area contributed by atoms with E-state index >= 15 is 0 Å². The number of carbonyl (C=O) groups is 1. The molecule has 7 nitrogen and oxygen atoms in total. The van der Waals surface area contributed by atoms with Gasteiger partial charge in [-0.05, 0) is 31.0 Å². The molecule has 0 atom stereocenters. The van der Waals surface area contributed by atoms with Crippen LogP contribution in [-0.2, 0) is 27.9 Å². The Morgan fingerprint density at radius 2 is 1.72 bits per heavy atom. The summed E-state index contributed by atoms with van der Waals surface area (Å²) in [6, 6.07) is 15.9. The second-order valence-corrected chi connectivity index (χ2v) is 10.0. The van der Waals surface area contributed by atoms with Crippen molar-refractivity contribution in [3.8, 4) is 5.75 Å². The minimum Gasteiger partial charge on any atom is -0.494 e. The monoisotopic (exact) mass is 459 g/mol. The number of hydrogen-bond acceptors (Lipinski definition) is 5. The van der Waals surface area contributed by atoms with Gasteiger partial charge >= 0.3 is 0 Å². The lowest BCUT2D eigenvalue weighted by Crippen LogP contribution is -2.39. The van der Waals surface area contributed by atoms with Crippen molar-refractivity contribution in [3.63, 3.8) is 0 Å². The SMILES string of the molecule is CCOc1ccccc1CN1CCN(S(C)(=O)=O)CCCN(C(C)=O)c2ccccc2C1. The molecule has 0 aromatic heterocycles. The number of nitrogens with zero attached hydrogens (tertiary/aromatic N) is 3. The molecule has 8 heteroatoms. The number of fused-ring (bicyclic) bond motifs is 1. The predicted molar refractivity (Wildman–Crippen MR) is 127 cm³/mol. The molecule has 3 rings (SSSR count). The van der Waals surface area contributed by atoms with E-state index in [4.69, 9.17) is 4.74 Å². The van der Waals surface area contributed by atoms with Crippen molar-refractivity contribution in [2.45, 2.75) is 33.4 Å². The van der Waals surface area contributed by atoms with E-state index in [-0.39, 0.29) is 5.91 Å². The zero-order valence-corrected chi connectivity index (χ0v) is 20.0. The normalized spacial score (nSPS) is 16.8. The van der Waals surface area contributed by atoms with Gasteiger partial charge in [0, 0.05) is 57.4 Å². The maximum atomic E-state index is 12.4. The Balaban J connectivity index is 1.97. The van der Waals surface area contributed by atoms with E-state index < -0.39 is 10.0 Å². The third-order valence-electron chi connectivity index (χ3n) is 5.65. The van der Waals surface area contributed by atoms with Gasteiger partial charge in [0.05, 0.1) is 12.9 Å². The maximum absolute atomic E-state index is 12.4. The molecule has 0 bridgehead atoms. The molecule has 2 aromatic carbocycles. The van der Waals surface area contributed by atoms with Crippen molar-refractivity contribution in [2.75, 3.05) is 43.9 Å². The summed E-state index contributed by atoms with van der Waals surface area (Å²) in [6.45, 7) is 7.14. The molecule has 0 N–H and O–H groups in total. The lowest BCUT2D eigenvalue weighted by Gasteiger charge is -2.28. The van der Waals surface area contributed by atoms with Gasteiger partial charge in [-0.15, -0.1) is 0 Å². The van der Waals surface area contributed by atoms with Crippen LogP contribution in [0.4, 0.5) is 5.69 Å². The highest BCUT2D eigenvalue weighted by Gasteiger charge is 2.23. The summed E-state index contributed by atoms with van der Waals surface area (Å²) in [4.78, 5) is 16.4. The standard InChI is InChI=1S/C24H33N3O4S/c1-4-31-24-13-8-6-11-22(24)19-25-16-17-26(32(3,29)30)14-9-15-27(20(2)28)23-12-7-5-10-21(23)18-25/h5-8,10-13H,4,9,14-19H2,1-3H3. The van der Waals surface area contributed by atoms with E-state index in [2.05, 4.69) is 4.90 Å². The van der Waals surface area contributed by atoms with Crippen LogP contribution >= 0.6 is 0 Å². The predicted octanol–water partition coefficient (Wildman–Crippen LogP) is 3.11.